The summed E-state index contributed by atoms with van der Waals surface area (Å²) in [6.45, 7) is 5.29. The molecule has 1 atom stereocenters. The van der Waals surface area contributed by atoms with Crippen molar-refractivity contribution in [3.05, 3.63) is 29.3 Å². The van der Waals surface area contributed by atoms with Gasteiger partial charge in [-0.2, -0.15) is 0 Å². The third kappa shape index (κ3) is 4.69. The van der Waals surface area contributed by atoms with Crippen LogP contribution in [0.1, 0.15) is 43.2 Å². The standard InChI is InChI=1S/C23H34N2O3/c1-27-22-6-4-19-3-5-21(16-20(19)17-22)24-10-8-18(9-11-24)2-7-23(26)25-12-14-28-15-13-25/h4,6,17-18,21H,2-3,5,7-16H2,1H3/t21-/m0/s1. The quantitative estimate of drug-likeness (QED) is 0.780. The van der Waals surface area contributed by atoms with Crippen LogP contribution in [-0.4, -0.2) is 68.3 Å². The van der Waals surface area contributed by atoms with Gasteiger partial charge in [-0.05, 0) is 80.8 Å². The molecule has 1 aromatic carbocycles. The molecular weight excluding hydrogens is 352 g/mol. The van der Waals surface area contributed by atoms with Gasteiger partial charge in [0.25, 0.3) is 0 Å². The fourth-order valence-electron chi connectivity index (χ4n) is 5.06. The molecule has 1 aliphatic carbocycles. The van der Waals surface area contributed by atoms with Gasteiger partial charge in [-0.3, -0.25) is 4.79 Å². The van der Waals surface area contributed by atoms with Crippen LogP contribution >= 0.6 is 0 Å². The second kappa shape index (κ2) is 9.27. The van der Waals surface area contributed by atoms with Gasteiger partial charge in [-0.1, -0.05) is 6.07 Å². The molecule has 1 amide bonds. The smallest absolute Gasteiger partial charge is 0.222 e. The van der Waals surface area contributed by atoms with Crippen molar-refractivity contribution in [1.29, 1.82) is 0 Å². The topological polar surface area (TPSA) is 42.0 Å². The van der Waals surface area contributed by atoms with E-state index in [1.54, 1.807) is 7.11 Å². The minimum atomic E-state index is 0.323. The first kappa shape index (κ1) is 19.7. The summed E-state index contributed by atoms with van der Waals surface area (Å²) < 4.78 is 10.8. The minimum Gasteiger partial charge on any atom is -0.497 e. The van der Waals surface area contributed by atoms with E-state index in [0.717, 1.165) is 31.7 Å². The van der Waals surface area contributed by atoms with Crippen molar-refractivity contribution in [2.75, 3.05) is 46.5 Å². The van der Waals surface area contributed by atoms with Gasteiger partial charge >= 0.3 is 0 Å². The van der Waals surface area contributed by atoms with Gasteiger partial charge in [0.05, 0.1) is 20.3 Å². The lowest BCUT2D eigenvalue weighted by Gasteiger charge is -2.40. The number of likely N-dealkylation sites (tertiary alicyclic amines) is 1. The van der Waals surface area contributed by atoms with E-state index in [4.69, 9.17) is 9.47 Å². The summed E-state index contributed by atoms with van der Waals surface area (Å²) in [5.74, 6) is 2.00. The Labute approximate surface area is 169 Å². The lowest BCUT2D eigenvalue weighted by Crippen LogP contribution is -2.44. The number of carbonyl (C=O) groups excluding carboxylic acids is 1. The summed E-state index contributed by atoms with van der Waals surface area (Å²) in [4.78, 5) is 17.0. The van der Waals surface area contributed by atoms with E-state index in [0.29, 0.717) is 37.5 Å². The maximum atomic E-state index is 12.4. The van der Waals surface area contributed by atoms with Crippen LogP contribution in [0, 0.1) is 5.92 Å². The van der Waals surface area contributed by atoms with Crippen LogP contribution in [0.5, 0.6) is 5.75 Å². The number of amides is 1. The molecule has 0 unspecified atom stereocenters. The molecule has 0 saturated carbocycles. The molecule has 1 aromatic rings. The largest absolute Gasteiger partial charge is 0.497 e. The lowest BCUT2D eigenvalue weighted by molar-refractivity contribution is -0.135. The summed E-state index contributed by atoms with van der Waals surface area (Å²) in [5.41, 5.74) is 2.96. The average Bonchev–Trinajstić information content (AvgIpc) is 2.77. The van der Waals surface area contributed by atoms with Crippen molar-refractivity contribution >= 4 is 5.91 Å². The van der Waals surface area contributed by atoms with Gasteiger partial charge in [-0.15, -0.1) is 0 Å². The number of morpholine rings is 1. The molecule has 5 nitrogen and oxygen atoms in total. The summed E-state index contributed by atoms with van der Waals surface area (Å²) in [7, 11) is 1.75. The van der Waals surface area contributed by atoms with E-state index in [-0.39, 0.29) is 0 Å². The number of hydrogen-bond acceptors (Lipinski definition) is 4. The molecule has 0 bridgehead atoms. The molecule has 0 aromatic heterocycles. The molecule has 5 heteroatoms. The molecule has 0 N–H and O–H groups in total. The number of rotatable bonds is 5. The third-order valence-corrected chi connectivity index (χ3v) is 6.91. The maximum Gasteiger partial charge on any atom is 0.222 e. The zero-order chi connectivity index (χ0) is 19.3. The highest BCUT2D eigenvalue weighted by molar-refractivity contribution is 5.76. The van der Waals surface area contributed by atoms with Crippen LogP contribution in [0.25, 0.3) is 0 Å². The van der Waals surface area contributed by atoms with E-state index in [1.165, 1.54) is 49.9 Å². The van der Waals surface area contributed by atoms with Crippen molar-refractivity contribution < 1.29 is 14.3 Å². The number of fused-ring (bicyclic) bond motifs is 1. The Morgan fingerprint density at radius 1 is 1.11 bits per heavy atom. The predicted molar refractivity (Wildman–Crippen MR) is 110 cm³/mol. The Morgan fingerprint density at radius 2 is 1.89 bits per heavy atom. The number of ether oxygens (including phenoxy) is 2. The fourth-order valence-corrected chi connectivity index (χ4v) is 5.06. The average molecular weight is 387 g/mol. The summed E-state index contributed by atoms with van der Waals surface area (Å²) >= 11 is 0. The Hall–Kier alpha value is -1.59. The van der Waals surface area contributed by atoms with Crippen molar-refractivity contribution in [1.82, 2.24) is 9.80 Å². The molecular formula is C23H34N2O3. The van der Waals surface area contributed by atoms with Crippen LogP contribution in [0.2, 0.25) is 0 Å². The highest BCUT2D eigenvalue weighted by atomic mass is 16.5. The molecule has 28 heavy (non-hydrogen) atoms. The SMILES string of the molecule is COc1ccc2c(c1)C[C@@H](N1CCC(CCC(=O)N3CCOCC3)CC1)CC2. The van der Waals surface area contributed by atoms with Crippen LogP contribution in [0.15, 0.2) is 18.2 Å². The van der Waals surface area contributed by atoms with Gasteiger partial charge < -0.3 is 19.3 Å². The van der Waals surface area contributed by atoms with Crippen molar-refractivity contribution in [2.24, 2.45) is 5.92 Å². The Kier molecular flexibility index (Phi) is 6.53. The zero-order valence-electron chi connectivity index (χ0n) is 17.2. The second-order valence-corrected chi connectivity index (χ2v) is 8.54. The highest BCUT2D eigenvalue weighted by Gasteiger charge is 2.28. The van der Waals surface area contributed by atoms with Crippen LogP contribution in [-0.2, 0) is 22.4 Å². The normalized spacial score (nSPS) is 24.0. The number of piperidine rings is 1. The number of carbonyl (C=O) groups is 1. The maximum absolute atomic E-state index is 12.4. The van der Waals surface area contributed by atoms with E-state index in [1.807, 2.05) is 4.90 Å². The van der Waals surface area contributed by atoms with Gasteiger partial charge in [0.15, 0.2) is 0 Å². The minimum absolute atomic E-state index is 0.323. The van der Waals surface area contributed by atoms with E-state index < -0.39 is 0 Å². The highest BCUT2D eigenvalue weighted by Crippen LogP contribution is 2.31. The van der Waals surface area contributed by atoms with Crippen molar-refractivity contribution in [3.8, 4) is 5.75 Å². The van der Waals surface area contributed by atoms with Crippen LogP contribution in [0.3, 0.4) is 0 Å². The molecule has 0 spiro atoms. The predicted octanol–water partition coefficient (Wildman–Crippen LogP) is 2.90. The molecule has 3 aliphatic rings. The molecule has 2 heterocycles. The Morgan fingerprint density at radius 3 is 2.64 bits per heavy atom. The van der Waals surface area contributed by atoms with E-state index in [9.17, 15) is 4.79 Å². The summed E-state index contributed by atoms with van der Waals surface area (Å²) in [5, 5.41) is 0. The first-order valence-electron chi connectivity index (χ1n) is 11.0. The fraction of sp³-hybridized carbons (Fsp3) is 0.696. The van der Waals surface area contributed by atoms with E-state index in [2.05, 4.69) is 23.1 Å². The van der Waals surface area contributed by atoms with Gasteiger partial charge in [-0.25, -0.2) is 0 Å². The van der Waals surface area contributed by atoms with Gasteiger partial charge in [0.1, 0.15) is 5.75 Å². The molecule has 0 radical (unpaired) electrons. The lowest BCUT2D eigenvalue weighted by atomic mass is 9.85. The van der Waals surface area contributed by atoms with Crippen molar-refractivity contribution in [2.45, 2.75) is 51.0 Å². The number of benzene rings is 1. The molecule has 4 rings (SSSR count). The molecule has 2 fully saturated rings. The third-order valence-electron chi connectivity index (χ3n) is 6.91. The second-order valence-electron chi connectivity index (χ2n) is 8.54. The molecule has 2 aliphatic heterocycles. The number of methoxy groups -OCH3 is 1. The summed E-state index contributed by atoms with van der Waals surface area (Å²) in [6.07, 6.45) is 7.82. The first-order chi connectivity index (χ1) is 13.7. The molecule has 154 valence electrons. The summed E-state index contributed by atoms with van der Waals surface area (Å²) in [6, 6.07) is 7.21. The number of nitrogens with zero attached hydrogens (tertiary/aromatic N) is 2. The Bertz CT molecular complexity index is 664. The molecule has 2 saturated heterocycles. The monoisotopic (exact) mass is 386 g/mol. The van der Waals surface area contributed by atoms with Gasteiger partial charge in [0, 0.05) is 25.6 Å². The van der Waals surface area contributed by atoms with E-state index >= 15 is 0 Å². The Balaban J connectivity index is 1.22. The van der Waals surface area contributed by atoms with Crippen LogP contribution < -0.4 is 4.74 Å². The van der Waals surface area contributed by atoms with Crippen molar-refractivity contribution in [3.63, 3.8) is 0 Å². The van der Waals surface area contributed by atoms with Crippen LogP contribution in [0.4, 0.5) is 0 Å². The van der Waals surface area contributed by atoms with Gasteiger partial charge in [0.2, 0.25) is 5.91 Å². The number of aryl methyl sites for hydroxylation is 1. The first-order valence-corrected chi connectivity index (χ1v) is 11.0. The zero-order valence-corrected chi connectivity index (χ0v) is 17.2. The number of hydrogen-bond donors (Lipinski definition) is 0.